The molecule has 0 bridgehead atoms. The number of furan rings is 1. The molecule has 0 spiro atoms. The number of unbranched alkanes of at least 4 members (excludes halogenated alkanes) is 1. The molecule has 1 atom stereocenters. The van der Waals surface area contributed by atoms with E-state index in [1.165, 1.54) is 0 Å². The number of rotatable bonds is 7. The average Bonchev–Trinajstić information content (AvgIpc) is 2.93. The molecule has 3 heteroatoms. The van der Waals surface area contributed by atoms with Gasteiger partial charge in [0.15, 0.2) is 0 Å². The van der Waals surface area contributed by atoms with Gasteiger partial charge in [-0.05, 0) is 42.2 Å². The minimum absolute atomic E-state index is 0.0118. The van der Waals surface area contributed by atoms with E-state index in [1.54, 1.807) is 12.5 Å². The molecule has 0 aliphatic heterocycles. The Morgan fingerprint density at radius 2 is 2.00 bits per heavy atom. The molecule has 2 N–H and O–H groups in total. The summed E-state index contributed by atoms with van der Waals surface area (Å²) in [6, 6.07) is 9.97. The lowest BCUT2D eigenvalue weighted by Gasteiger charge is -2.12. The zero-order chi connectivity index (χ0) is 13.5. The Hall–Kier alpha value is -1.74. The maximum atomic E-state index is 6.18. The van der Waals surface area contributed by atoms with Gasteiger partial charge in [0.05, 0.1) is 19.1 Å². The Morgan fingerprint density at radius 1 is 1.21 bits per heavy atom. The highest BCUT2D eigenvalue weighted by atomic mass is 16.5. The summed E-state index contributed by atoms with van der Waals surface area (Å²) in [5.41, 5.74) is 8.41. The monoisotopic (exact) mass is 259 g/mol. The van der Waals surface area contributed by atoms with E-state index in [1.807, 2.05) is 30.3 Å². The Bertz CT molecular complexity index is 462. The van der Waals surface area contributed by atoms with Crippen LogP contribution in [0, 0.1) is 0 Å². The molecule has 1 heterocycles. The second-order valence-electron chi connectivity index (χ2n) is 4.71. The number of benzene rings is 1. The molecule has 102 valence electrons. The Morgan fingerprint density at radius 3 is 2.63 bits per heavy atom. The molecular weight excluding hydrogens is 238 g/mol. The summed E-state index contributed by atoms with van der Waals surface area (Å²) in [5.74, 6) is 0.910. The van der Waals surface area contributed by atoms with Crippen molar-refractivity contribution in [3.05, 3.63) is 54.0 Å². The third kappa shape index (κ3) is 4.14. The van der Waals surface area contributed by atoms with Crippen LogP contribution in [0.3, 0.4) is 0 Å². The zero-order valence-electron chi connectivity index (χ0n) is 11.3. The molecule has 1 aromatic carbocycles. The largest absolute Gasteiger partial charge is 0.494 e. The van der Waals surface area contributed by atoms with Crippen molar-refractivity contribution in [3.8, 4) is 5.75 Å². The molecule has 0 radical (unpaired) electrons. The summed E-state index contributed by atoms with van der Waals surface area (Å²) in [7, 11) is 0. The van der Waals surface area contributed by atoms with Gasteiger partial charge in [0.1, 0.15) is 5.75 Å². The standard InChI is InChI=1S/C16H21NO2/c1-2-3-9-19-15-6-4-14(5-7-15)16(17)11-13-8-10-18-12-13/h4-8,10,12,16H,2-3,9,11,17H2,1H3. The molecule has 0 saturated carbocycles. The predicted molar refractivity (Wildman–Crippen MR) is 76.2 cm³/mol. The van der Waals surface area contributed by atoms with E-state index in [2.05, 4.69) is 6.92 Å². The van der Waals surface area contributed by atoms with Crippen LogP contribution in [-0.2, 0) is 6.42 Å². The van der Waals surface area contributed by atoms with Crippen molar-refractivity contribution in [2.24, 2.45) is 5.73 Å². The highest BCUT2D eigenvalue weighted by molar-refractivity contribution is 5.30. The van der Waals surface area contributed by atoms with Crippen LogP contribution in [0.25, 0.3) is 0 Å². The summed E-state index contributed by atoms with van der Waals surface area (Å²) in [6.07, 6.45) is 6.43. The molecule has 3 nitrogen and oxygen atoms in total. The smallest absolute Gasteiger partial charge is 0.119 e. The van der Waals surface area contributed by atoms with Crippen molar-refractivity contribution < 1.29 is 9.15 Å². The van der Waals surface area contributed by atoms with Crippen LogP contribution < -0.4 is 10.5 Å². The van der Waals surface area contributed by atoms with Crippen molar-refractivity contribution in [3.63, 3.8) is 0 Å². The van der Waals surface area contributed by atoms with Crippen molar-refractivity contribution in [1.82, 2.24) is 0 Å². The molecule has 0 aliphatic carbocycles. The second kappa shape index (κ2) is 7.00. The molecule has 1 unspecified atom stereocenters. The van der Waals surface area contributed by atoms with Gasteiger partial charge in [0.25, 0.3) is 0 Å². The number of hydrogen-bond acceptors (Lipinski definition) is 3. The molecule has 2 aromatic rings. The highest BCUT2D eigenvalue weighted by Gasteiger charge is 2.08. The van der Waals surface area contributed by atoms with Crippen LogP contribution in [0.2, 0.25) is 0 Å². The lowest BCUT2D eigenvalue weighted by Crippen LogP contribution is -2.12. The first-order valence-corrected chi connectivity index (χ1v) is 6.79. The Kier molecular flexibility index (Phi) is 5.04. The maximum absolute atomic E-state index is 6.18. The first kappa shape index (κ1) is 13.7. The Labute approximate surface area is 114 Å². The maximum Gasteiger partial charge on any atom is 0.119 e. The van der Waals surface area contributed by atoms with Crippen LogP contribution in [-0.4, -0.2) is 6.61 Å². The van der Waals surface area contributed by atoms with Gasteiger partial charge in [-0.3, -0.25) is 0 Å². The van der Waals surface area contributed by atoms with Crippen LogP contribution in [0.15, 0.2) is 47.3 Å². The Balaban J connectivity index is 1.90. The summed E-state index contributed by atoms with van der Waals surface area (Å²) in [6.45, 7) is 2.93. The van der Waals surface area contributed by atoms with E-state index in [0.29, 0.717) is 0 Å². The van der Waals surface area contributed by atoms with Gasteiger partial charge < -0.3 is 14.9 Å². The summed E-state index contributed by atoms with van der Waals surface area (Å²) >= 11 is 0. The van der Waals surface area contributed by atoms with E-state index >= 15 is 0 Å². The topological polar surface area (TPSA) is 48.4 Å². The molecule has 19 heavy (non-hydrogen) atoms. The quantitative estimate of drug-likeness (QED) is 0.771. The number of nitrogens with two attached hydrogens (primary N) is 1. The first-order chi connectivity index (χ1) is 9.29. The van der Waals surface area contributed by atoms with E-state index in [4.69, 9.17) is 14.9 Å². The third-order valence-corrected chi connectivity index (χ3v) is 3.11. The SMILES string of the molecule is CCCCOc1ccc(C(N)Cc2ccoc2)cc1. The van der Waals surface area contributed by atoms with E-state index in [9.17, 15) is 0 Å². The third-order valence-electron chi connectivity index (χ3n) is 3.11. The van der Waals surface area contributed by atoms with Crippen LogP contribution in [0.1, 0.15) is 36.9 Å². The van der Waals surface area contributed by atoms with Crippen LogP contribution in [0.4, 0.5) is 0 Å². The van der Waals surface area contributed by atoms with Gasteiger partial charge in [0.2, 0.25) is 0 Å². The minimum Gasteiger partial charge on any atom is -0.494 e. The minimum atomic E-state index is -0.0118. The van der Waals surface area contributed by atoms with Gasteiger partial charge in [0, 0.05) is 6.04 Å². The van der Waals surface area contributed by atoms with Gasteiger partial charge in [-0.2, -0.15) is 0 Å². The lowest BCUT2D eigenvalue weighted by molar-refractivity contribution is 0.309. The molecule has 1 aromatic heterocycles. The van der Waals surface area contributed by atoms with Crippen molar-refractivity contribution in [2.45, 2.75) is 32.2 Å². The average molecular weight is 259 g/mol. The molecular formula is C16H21NO2. The molecule has 0 fully saturated rings. The molecule has 0 saturated heterocycles. The summed E-state index contributed by atoms with van der Waals surface area (Å²) in [5, 5.41) is 0. The fourth-order valence-corrected chi connectivity index (χ4v) is 1.93. The van der Waals surface area contributed by atoms with Gasteiger partial charge in [-0.15, -0.1) is 0 Å². The zero-order valence-corrected chi connectivity index (χ0v) is 11.3. The van der Waals surface area contributed by atoms with Crippen molar-refractivity contribution in [2.75, 3.05) is 6.61 Å². The molecule has 0 aliphatic rings. The van der Waals surface area contributed by atoms with Crippen LogP contribution >= 0.6 is 0 Å². The van der Waals surface area contributed by atoms with Gasteiger partial charge >= 0.3 is 0 Å². The van der Waals surface area contributed by atoms with Crippen molar-refractivity contribution >= 4 is 0 Å². The number of ether oxygens (including phenoxy) is 1. The van der Waals surface area contributed by atoms with Gasteiger partial charge in [-0.1, -0.05) is 25.5 Å². The fraction of sp³-hybridized carbons (Fsp3) is 0.375. The fourth-order valence-electron chi connectivity index (χ4n) is 1.93. The van der Waals surface area contributed by atoms with Gasteiger partial charge in [-0.25, -0.2) is 0 Å². The molecule has 2 rings (SSSR count). The summed E-state index contributed by atoms with van der Waals surface area (Å²) < 4.78 is 10.7. The molecule has 0 amide bonds. The van der Waals surface area contributed by atoms with Crippen molar-refractivity contribution in [1.29, 1.82) is 0 Å². The van der Waals surface area contributed by atoms with E-state index in [0.717, 1.165) is 42.7 Å². The van der Waals surface area contributed by atoms with Crippen LogP contribution in [0.5, 0.6) is 5.75 Å². The first-order valence-electron chi connectivity index (χ1n) is 6.79. The van der Waals surface area contributed by atoms with E-state index < -0.39 is 0 Å². The number of hydrogen-bond donors (Lipinski definition) is 1. The normalized spacial score (nSPS) is 12.3. The summed E-state index contributed by atoms with van der Waals surface area (Å²) in [4.78, 5) is 0. The lowest BCUT2D eigenvalue weighted by atomic mass is 10.0. The predicted octanol–water partition coefficient (Wildman–Crippen LogP) is 3.70. The van der Waals surface area contributed by atoms with E-state index in [-0.39, 0.29) is 6.04 Å². The highest BCUT2D eigenvalue weighted by Crippen LogP contribution is 2.20. The second-order valence-corrected chi connectivity index (χ2v) is 4.71.